The first-order valence-electron chi connectivity index (χ1n) is 4.47. The van der Waals surface area contributed by atoms with Gasteiger partial charge in [-0.25, -0.2) is 4.79 Å². The van der Waals surface area contributed by atoms with E-state index in [1.54, 1.807) is 18.2 Å². The predicted molar refractivity (Wildman–Crippen MR) is 66.9 cm³/mol. The SMILES string of the molecule is O=C(O)[C@H]1CSC(c2c(Cl)cccc2Cl)=N1. The minimum absolute atomic E-state index is 0.423. The number of carboxylic acids is 1. The molecule has 6 heteroatoms. The number of aliphatic imine (C=N–C) groups is 1. The molecule has 0 saturated carbocycles. The quantitative estimate of drug-likeness (QED) is 0.903. The van der Waals surface area contributed by atoms with Crippen molar-refractivity contribution in [3.63, 3.8) is 0 Å². The van der Waals surface area contributed by atoms with Gasteiger partial charge in [-0.15, -0.1) is 11.8 Å². The molecule has 0 aromatic heterocycles. The number of thioether (sulfide) groups is 1. The van der Waals surface area contributed by atoms with Gasteiger partial charge in [-0.05, 0) is 12.1 Å². The third kappa shape index (κ3) is 2.19. The van der Waals surface area contributed by atoms with E-state index in [1.807, 2.05) is 0 Å². The van der Waals surface area contributed by atoms with Crippen LogP contribution < -0.4 is 0 Å². The van der Waals surface area contributed by atoms with Crippen LogP contribution >= 0.6 is 35.0 Å². The van der Waals surface area contributed by atoms with Crippen LogP contribution in [0.25, 0.3) is 0 Å². The van der Waals surface area contributed by atoms with Crippen molar-refractivity contribution >= 4 is 46.0 Å². The lowest BCUT2D eigenvalue weighted by Crippen LogP contribution is -2.17. The molecule has 1 atom stereocenters. The molecule has 0 unspecified atom stereocenters. The second-order valence-electron chi connectivity index (χ2n) is 3.20. The van der Waals surface area contributed by atoms with Gasteiger partial charge in [0.25, 0.3) is 0 Å². The molecule has 0 fully saturated rings. The molecule has 1 heterocycles. The molecule has 1 aromatic rings. The number of nitrogens with zero attached hydrogens (tertiary/aromatic N) is 1. The zero-order valence-corrected chi connectivity index (χ0v) is 10.3. The predicted octanol–water partition coefficient (Wildman–Crippen LogP) is 2.94. The van der Waals surface area contributed by atoms with Crippen molar-refractivity contribution in [2.24, 2.45) is 4.99 Å². The fourth-order valence-corrected chi connectivity index (χ4v) is 3.13. The summed E-state index contributed by atoms with van der Waals surface area (Å²) < 4.78 is 0. The highest BCUT2D eigenvalue weighted by Gasteiger charge is 2.27. The van der Waals surface area contributed by atoms with Crippen LogP contribution in [0, 0.1) is 0 Å². The Morgan fingerprint density at radius 3 is 2.56 bits per heavy atom. The minimum atomic E-state index is -0.925. The Kier molecular flexibility index (Phi) is 3.42. The van der Waals surface area contributed by atoms with E-state index in [4.69, 9.17) is 28.3 Å². The highest BCUT2D eigenvalue weighted by molar-refractivity contribution is 8.14. The van der Waals surface area contributed by atoms with Crippen LogP contribution in [0.3, 0.4) is 0 Å². The molecule has 0 saturated heterocycles. The topological polar surface area (TPSA) is 49.7 Å². The summed E-state index contributed by atoms with van der Waals surface area (Å²) in [6.07, 6.45) is 0. The maximum absolute atomic E-state index is 10.8. The number of carbonyl (C=O) groups is 1. The van der Waals surface area contributed by atoms with Gasteiger partial charge in [0, 0.05) is 11.3 Å². The monoisotopic (exact) mass is 275 g/mol. The third-order valence-corrected chi connectivity index (χ3v) is 3.81. The second kappa shape index (κ2) is 4.65. The molecule has 0 bridgehead atoms. The zero-order chi connectivity index (χ0) is 11.7. The van der Waals surface area contributed by atoms with Gasteiger partial charge >= 0.3 is 5.97 Å². The molecule has 0 aliphatic carbocycles. The molecule has 0 radical (unpaired) electrons. The fraction of sp³-hybridized carbons (Fsp3) is 0.200. The van der Waals surface area contributed by atoms with Crippen molar-refractivity contribution in [3.8, 4) is 0 Å². The second-order valence-corrected chi connectivity index (χ2v) is 5.02. The summed E-state index contributed by atoms with van der Waals surface area (Å²) >= 11 is 13.4. The van der Waals surface area contributed by atoms with Gasteiger partial charge in [0.15, 0.2) is 6.04 Å². The van der Waals surface area contributed by atoms with Gasteiger partial charge in [-0.1, -0.05) is 29.3 Å². The lowest BCUT2D eigenvalue weighted by Gasteiger charge is -2.04. The van der Waals surface area contributed by atoms with Crippen molar-refractivity contribution in [1.82, 2.24) is 0 Å². The van der Waals surface area contributed by atoms with E-state index in [1.165, 1.54) is 11.8 Å². The number of rotatable bonds is 2. The summed E-state index contributed by atoms with van der Waals surface area (Å²) in [7, 11) is 0. The van der Waals surface area contributed by atoms with Gasteiger partial charge in [-0.3, -0.25) is 4.99 Å². The van der Waals surface area contributed by atoms with E-state index in [-0.39, 0.29) is 0 Å². The highest BCUT2D eigenvalue weighted by atomic mass is 35.5. The number of benzene rings is 1. The van der Waals surface area contributed by atoms with Crippen molar-refractivity contribution in [2.45, 2.75) is 6.04 Å². The van der Waals surface area contributed by atoms with Crippen LogP contribution in [-0.2, 0) is 4.79 Å². The van der Waals surface area contributed by atoms with Gasteiger partial charge in [-0.2, -0.15) is 0 Å². The molecule has 1 aromatic carbocycles. The van der Waals surface area contributed by atoms with Crippen molar-refractivity contribution in [3.05, 3.63) is 33.8 Å². The molecule has 1 aliphatic rings. The van der Waals surface area contributed by atoms with E-state index in [0.717, 1.165) is 0 Å². The van der Waals surface area contributed by atoms with Crippen LogP contribution in [0.1, 0.15) is 5.56 Å². The number of hydrogen-bond acceptors (Lipinski definition) is 3. The Bertz CT molecular complexity index is 456. The maximum atomic E-state index is 10.8. The molecular formula is C10H7Cl2NO2S. The van der Waals surface area contributed by atoms with E-state index < -0.39 is 12.0 Å². The lowest BCUT2D eigenvalue weighted by molar-refractivity contribution is -0.137. The fourth-order valence-electron chi connectivity index (χ4n) is 1.34. The molecule has 2 rings (SSSR count). The summed E-state index contributed by atoms with van der Waals surface area (Å²) in [4.78, 5) is 14.9. The van der Waals surface area contributed by atoms with Crippen molar-refractivity contribution < 1.29 is 9.90 Å². The zero-order valence-electron chi connectivity index (χ0n) is 7.98. The smallest absolute Gasteiger partial charge is 0.329 e. The Hall–Kier alpha value is -0.710. The molecular weight excluding hydrogens is 269 g/mol. The van der Waals surface area contributed by atoms with Crippen molar-refractivity contribution in [1.29, 1.82) is 0 Å². The largest absolute Gasteiger partial charge is 0.480 e. The van der Waals surface area contributed by atoms with Crippen LogP contribution in [0.15, 0.2) is 23.2 Å². The molecule has 0 amide bonds. The van der Waals surface area contributed by atoms with Crippen LogP contribution in [0.4, 0.5) is 0 Å². The van der Waals surface area contributed by atoms with Gasteiger partial charge < -0.3 is 5.11 Å². The highest BCUT2D eigenvalue weighted by Crippen LogP contribution is 2.32. The number of halogens is 2. The average molecular weight is 276 g/mol. The molecule has 0 spiro atoms. The first-order valence-corrected chi connectivity index (χ1v) is 6.21. The molecule has 1 N–H and O–H groups in total. The Morgan fingerprint density at radius 1 is 1.44 bits per heavy atom. The minimum Gasteiger partial charge on any atom is -0.480 e. The van der Waals surface area contributed by atoms with Crippen molar-refractivity contribution in [2.75, 3.05) is 5.75 Å². The van der Waals surface area contributed by atoms with Crippen LogP contribution in [0.2, 0.25) is 10.0 Å². The number of aliphatic carboxylic acids is 1. The summed E-state index contributed by atoms with van der Waals surface area (Å²) in [6.45, 7) is 0. The van der Waals surface area contributed by atoms with E-state index in [0.29, 0.717) is 26.4 Å². The summed E-state index contributed by atoms with van der Waals surface area (Å²) in [5, 5.41) is 10.4. The Morgan fingerprint density at radius 2 is 2.06 bits per heavy atom. The normalized spacial score (nSPS) is 19.6. The summed E-state index contributed by atoms with van der Waals surface area (Å²) in [5.41, 5.74) is 0.625. The molecule has 84 valence electrons. The first-order chi connectivity index (χ1) is 7.59. The molecule has 1 aliphatic heterocycles. The lowest BCUT2D eigenvalue weighted by atomic mass is 10.2. The van der Waals surface area contributed by atoms with Gasteiger partial charge in [0.1, 0.15) is 5.04 Å². The summed E-state index contributed by atoms with van der Waals surface area (Å²) in [5.74, 6) is -0.502. The number of hydrogen-bond donors (Lipinski definition) is 1. The Balaban J connectivity index is 2.39. The van der Waals surface area contributed by atoms with Gasteiger partial charge in [0.05, 0.1) is 10.0 Å². The van der Waals surface area contributed by atoms with E-state index >= 15 is 0 Å². The molecule has 3 nitrogen and oxygen atoms in total. The molecule has 16 heavy (non-hydrogen) atoms. The summed E-state index contributed by atoms with van der Waals surface area (Å²) in [6, 6.07) is 4.45. The first kappa shape index (κ1) is 11.8. The average Bonchev–Trinajstić information content (AvgIpc) is 2.66. The third-order valence-electron chi connectivity index (χ3n) is 2.11. The maximum Gasteiger partial charge on any atom is 0.329 e. The Labute approximate surface area is 106 Å². The number of carboxylic acid groups (broad SMARTS) is 1. The van der Waals surface area contributed by atoms with Crippen LogP contribution in [-0.4, -0.2) is 27.9 Å². The standard InChI is InChI=1S/C10H7Cl2NO2S/c11-5-2-1-3-6(12)8(5)9-13-7(4-16-9)10(14)15/h1-3,7H,4H2,(H,14,15)/t7-/m1/s1. The van der Waals surface area contributed by atoms with E-state index in [9.17, 15) is 4.79 Å². The van der Waals surface area contributed by atoms with Gasteiger partial charge in [0.2, 0.25) is 0 Å². The van der Waals surface area contributed by atoms with E-state index in [2.05, 4.69) is 4.99 Å². The van der Waals surface area contributed by atoms with Crippen LogP contribution in [0.5, 0.6) is 0 Å².